The summed E-state index contributed by atoms with van der Waals surface area (Å²) in [5.74, 6) is -0.216. The van der Waals surface area contributed by atoms with Crippen LogP contribution in [0.5, 0.6) is 0 Å². The fourth-order valence-corrected chi connectivity index (χ4v) is 3.12. The van der Waals surface area contributed by atoms with Gasteiger partial charge in [-0.25, -0.2) is 0 Å². The molecule has 0 spiro atoms. The van der Waals surface area contributed by atoms with Gasteiger partial charge in [-0.05, 0) is 38.2 Å². The molecular weight excluding hydrogens is 295 g/mol. The van der Waals surface area contributed by atoms with Crippen LogP contribution in [0.1, 0.15) is 36.4 Å². The van der Waals surface area contributed by atoms with E-state index in [1.165, 1.54) is 0 Å². The molecule has 2 rings (SSSR count). The van der Waals surface area contributed by atoms with Crippen LogP contribution in [0.4, 0.5) is 0 Å². The monoisotopic (exact) mass is 308 g/mol. The predicted molar refractivity (Wildman–Crippen MR) is 72.7 cm³/mol. The van der Waals surface area contributed by atoms with E-state index in [1.807, 2.05) is 13.8 Å². The molecule has 0 aliphatic carbocycles. The normalized spacial score (nSPS) is 22.8. The fraction of sp³-hybridized carbons (Fsp3) is 0.636. The third-order valence-corrected chi connectivity index (χ3v) is 4.63. The summed E-state index contributed by atoms with van der Waals surface area (Å²) in [6.45, 7) is 4.68. The van der Waals surface area contributed by atoms with Crippen LogP contribution in [0.15, 0.2) is 0 Å². The molecule has 4 nitrogen and oxygen atoms in total. The summed E-state index contributed by atoms with van der Waals surface area (Å²) in [5.41, 5.74) is -0.203. The molecule has 7 heteroatoms. The van der Waals surface area contributed by atoms with Crippen molar-refractivity contribution in [2.45, 2.75) is 38.3 Å². The minimum Gasteiger partial charge on any atom is -0.375 e. The molecule has 1 atom stereocenters. The minimum absolute atomic E-state index is 0.0955. The average Bonchev–Trinajstić information content (AvgIpc) is 2.58. The highest BCUT2D eigenvalue weighted by Gasteiger charge is 2.30. The van der Waals surface area contributed by atoms with Crippen LogP contribution < -0.4 is 5.32 Å². The van der Waals surface area contributed by atoms with Crippen molar-refractivity contribution in [3.8, 4) is 0 Å². The molecule has 0 bridgehead atoms. The van der Waals surface area contributed by atoms with Crippen molar-refractivity contribution in [2.24, 2.45) is 0 Å². The Morgan fingerprint density at radius 1 is 1.56 bits per heavy atom. The molecule has 1 aliphatic rings. The predicted octanol–water partition coefficient (Wildman–Crippen LogP) is 3.14. The van der Waals surface area contributed by atoms with Crippen LogP contribution in [0.3, 0.4) is 0 Å². The van der Waals surface area contributed by atoms with Gasteiger partial charge in [0.1, 0.15) is 9.90 Å². The van der Waals surface area contributed by atoms with E-state index in [9.17, 15) is 4.79 Å². The van der Waals surface area contributed by atoms with Crippen molar-refractivity contribution in [1.82, 2.24) is 9.69 Å². The third kappa shape index (κ3) is 3.15. The van der Waals surface area contributed by atoms with Crippen molar-refractivity contribution in [1.29, 1.82) is 0 Å². The Hall–Kier alpha value is -0.360. The molecule has 1 amide bonds. The summed E-state index contributed by atoms with van der Waals surface area (Å²) in [5, 5.41) is 3.36. The molecule has 1 saturated heterocycles. The standard InChI is InChI=1S/C11H14Cl2N2O2S/c1-11(2)5-6(3-4-17-11)14-10(16)8-7(12)9(13)15-18-8/h6H,3-5H2,1-2H3,(H,14,16)/t6-/m1/s1. The van der Waals surface area contributed by atoms with Gasteiger partial charge < -0.3 is 10.1 Å². The van der Waals surface area contributed by atoms with Gasteiger partial charge in [0.25, 0.3) is 5.91 Å². The van der Waals surface area contributed by atoms with E-state index in [0.717, 1.165) is 24.4 Å². The number of nitrogens with one attached hydrogen (secondary N) is 1. The van der Waals surface area contributed by atoms with E-state index in [-0.39, 0.29) is 27.7 Å². The summed E-state index contributed by atoms with van der Waals surface area (Å²) >= 11 is 12.7. The van der Waals surface area contributed by atoms with Crippen LogP contribution >= 0.6 is 34.7 Å². The molecule has 100 valence electrons. The minimum atomic E-state index is -0.216. The van der Waals surface area contributed by atoms with Crippen LogP contribution in [0.25, 0.3) is 0 Å². The van der Waals surface area contributed by atoms with Crippen LogP contribution in [-0.2, 0) is 4.74 Å². The highest BCUT2D eigenvalue weighted by molar-refractivity contribution is 7.09. The van der Waals surface area contributed by atoms with E-state index in [2.05, 4.69) is 9.69 Å². The first-order valence-electron chi connectivity index (χ1n) is 5.64. The van der Waals surface area contributed by atoms with Gasteiger partial charge in [0, 0.05) is 12.6 Å². The summed E-state index contributed by atoms with van der Waals surface area (Å²) in [6, 6.07) is 0.0955. The second kappa shape index (κ2) is 5.33. The Bertz CT molecular complexity index is 462. The Morgan fingerprint density at radius 3 is 2.83 bits per heavy atom. The third-order valence-electron chi connectivity index (χ3n) is 2.84. The highest BCUT2D eigenvalue weighted by atomic mass is 35.5. The topological polar surface area (TPSA) is 51.2 Å². The zero-order valence-electron chi connectivity index (χ0n) is 10.1. The Labute approximate surface area is 120 Å². The molecule has 0 aromatic carbocycles. The number of nitrogens with zero attached hydrogens (tertiary/aromatic N) is 1. The SMILES string of the molecule is CC1(C)C[C@H](NC(=O)c2snc(Cl)c2Cl)CCO1. The van der Waals surface area contributed by atoms with Gasteiger partial charge in [0.2, 0.25) is 0 Å². The number of amides is 1. The average molecular weight is 309 g/mol. The number of carbonyl (C=O) groups excluding carboxylic acids is 1. The van der Waals surface area contributed by atoms with Crippen LogP contribution in [-0.4, -0.2) is 28.5 Å². The quantitative estimate of drug-likeness (QED) is 0.913. The Balaban J connectivity index is 2.01. The molecule has 1 N–H and O–H groups in total. The second-order valence-corrected chi connectivity index (χ2v) is 6.40. The van der Waals surface area contributed by atoms with E-state index >= 15 is 0 Å². The number of carbonyl (C=O) groups is 1. The molecule has 1 aromatic heterocycles. The lowest BCUT2D eigenvalue weighted by atomic mass is 9.94. The molecule has 0 radical (unpaired) electrons. The van der Waals surface area contributed by atoms with E-state index < -0.39 is 0 Å². The lowest BCUT2D eigenvalue weighted by Crippen LogP contribution is -2.45. The van der Waals surface area contributed by atoms with Crippen LogP contribution in [0.2, 0.25) is 10.2 Å². The first-order chi connectivity index (χ1) is 8.39. The van der Waals surface area contributed by atoms with E-state index in [0.29, 0.717) is 11.5 Å². The van der Waals surface area contributed by atoms with Gasteiger partial charge in [0.05, 0.1) is 5.60 Å². The van der Waals surface area contributed by atoms with Crippen LogP contribution in [0, 0.1) is 0 Å². The number of halogens is 2. The molecule has 1 aliphatic heterocycles. The molecular formula is C11H14Cl2N2O2S. The van der Waals surface area contributed by atoms with E-state index in [4.69, 9.17) is 27.9 Å². The van der Waals surface area contributed by atoms with Crippen molar-refractivity contribution < 1.29 is 9.53 Å². The highest BCUT2D eigenvalue weighted by Crippen LogP contribution is 2.29. The molecule has 0 unspecified atom stereocenters. The lowest BCUT2D eigenvalue weighted by molar-refractivity contribution is -0.0615. The summed E-state index contributed by atoms with van der Waals surface area (Å²) in [4.78, 5) is 12.4. The smallest absolute Gasteiger partial charge is 0.264 e. The van der Waals surface area contributed by atoms with Crippen molar-refractivity contribution in [2.75, 3.05) is 6.61 Å². The van der Waals surface area contributed by atoms with Gasteiger partial charge >= 0.3 is 0 Å². The zero-order chi connectivity index (χ0) is 13.3. The number of hydrogen-bond donors (Lipinski definition) is 1. The Morgan fingerprint density at radius 2 is 2.28 bits per heavy atom. The zero-order valence-corrected chi connectivity index (χ0v) is 12.5. The molecule has 18 heavy (non-hydrogen) atoms. The number of ether oxygens (including phenoxy) is 1. The van der Waals surface area contributed by atoms with Crippen molar-refractivity contribution in [3.63, 3.8) is 0 Å². The maximum Gasteiger partial charge on any atom is 0.264 e. The number of hydrogen-bond acceptors (Lipinski definition) is 4. The maximum atomic E-state index is 12.0. The fourth-order valence-electron chi connectivity index (χ4n) is 2.01. The molecule has 1 aromatic rings. The lowest BCUT2D eigenvalue weighted by Gasteiger charge is -2.35. The van der Waals surface area contributed by atoms with Gasteiger partial charge in [-0.15, -0.1) is 0 Å². The first-order valence-corrected chi connectivity index (χ1v) is 7.17. The largest absolute Gasteiger partial charge is 0.375 e. The van der Waals surface area contributed by atoms with Gasteiger partial charge in [0.15, 0.2) is 5.15 Å². The first kappa shape index (κ1) is 14.1. The van der Waals surface area contributed by atoms with Crippen molar-refractivity contribution in [3.05, 3.63) is 15.1 Å². The Kier molecular flexibility index (Phi) is 4.16. The summed E-state index contributed by atoms with van der Waals surface area (Å²) in [7, 11) is 0. The van der Waals surface area contributed by atoms with Gasteiger partial charge in [-0.1, -0.05) is 23.2 Å². The summed E-state index contributed by atoms with van der Waals surface area (Å²) < 4.78 is 9.45. The van der Waals surface area contributed by atoms with Crippen molar-refractivity contribution >= 4 is 40.6 Å². The van der Waals surface area contributed by atoms with Gasteiger partial charge in [-0.2, -0.15) is 4.37 Å². The second-order valence-electron chi connectivity index (χ2n) is 4.89. The molecule has 2 heterocycles. The van der Waals surface area contributed by atoms with Gasteiger partial charge in [-0.3, -0.25) is 4.79 Å². The number of aromatic nitrogens is 1. The molecule has 1 fully saturated rings. The molecule has 0 saturated carbocycles. The maximum absolute atomic E-state index is 12.0. The summed E-state index contributed by atoms with van der Waals surface area (Å²) in [6.07, 6.45) is 1.59. The van der Waals surface area contributed by atoms with E-state index in [1.54, 1.807) is 0 Å². The number of rotatable bonds is 2.